The SMILES string of the molecule is COC(OC)C(=O)c1cc2c(cc1C)OCO2. The van der Waals surface area contributed by atoms with Gasteiger partial charge >= 0.3 is 0 Å². The molecule has 5 nitrogen and oxygen atoms in total. The number of carbonyl (C=O) groups is 1. The van der Waals surface area contributed by atoms with Crippen LogP contribution in [0.2, 0.25) is 0 Å². The van der Waals surface area contributed by atoms with Gasteiger partial charge in [-0.05, 0) is 24.6 Å². The third kappa shape index (κ3) is 2.11. The summed E-state index contributed by atoms with van der Waals surface area (Å²) >= 11 is 0. The van der Waals surface area contributed by atoms with Crippen molar-refractivity contribution in [2.24, 2.45) is 0 Å². The van der Waals surface area contributed by atoms with Gasteiger partial charge in [0, 0.05) is 19.8 Å². The lowest BCUT2D eigenvalue weighted by Crippen LogP contribution is -2.25. The molecule has 0 aromatic heterocycles. The van der Waals surface area contributed by atoms with Crippen LogP contribution in [0.5, 0.6) is 11.5 Å². The Hall–Kier alpha value is -1.59. The average molecular weight is 238 g/mol. The number of benzene rings is 1. The topological polar surface area (TPSA) is 54.0 Å². The number of methoxy groups -OCH3 is 2. The second kappa shape index (κ2) is 4.73. The molecule has 0 amide bonds. The number of rotatable bonds is 4. The van der Waals surface area contributed by atoms with Gasteiger partial charge in [0.15, 0.2) is 11.5 Å². The highest BCUT2D eigenvalue weighted by Crippen LogP contribution is 2.35. The fraction of sp³-hybridized carbons (Fsp3) is 0.417. The molecule has 1 aliphatic heterocycles. The van der Waals surface area contributed by atoms with Crippen molar-refractivity contribution in [1.82, 2.24) is 0 Å². The molecule has 0 saturated carbocycles. The average Bonchev–Trinajstić information content (AvgIpc) is 2.76. The Kier molecular flexibility index (Phi) is 3.31. The van der Waals surface area contributed by atoms with Crippen LogP contribution >= 0.6 is 0 Å². The summed E-state index contributed by atoms with van der Waals surface area (Å²) in [6.45, 7) is 2.02. The summed E-state index contributed by atoms with van der Waals surface area (Å²) in [5.41, 5.74) is 1.32. The zero-order valence-corrected chi connectivity index (χ0v) is 9.98. The Morgan fingerprint density at radius 3 is 2.41 bits per heavy atom. The van der Waals surface area contributed by atoms with Gasteiger partial charge in [-0.25, -0.2) is 0 Å². The first kappa shape index (κ1) is 11.9. The van der Waals surface area contributed by atoms with Crippen molar-refractivity contribution in [2.75, 3.05) is 21.0 Å². The van der Waals surface area contributed by atoms with E-state index in [-0.39, 0.29) is 12.6 Å². The number of ketones is 1. The summed E-state index contributed by atoms with van der Waals surface area (Å²) in [7, 11) is 2.85. The minimum atomic E-state index is -0.894. The molecule has 0 spiro atoms. The van der Waals surface area contributed by atoms with Crippen LogP contribution in [0, 0.1) is 6.92 Å². The van der Waals surface area contributed by atoms with Crippen LogP contribution in [0.1, 0.15) is 15.9 Å². The van der Waals surface area contributed by atoms with Gasteiger partial charge in [0.1, 0.15) is 0 Å². The minimum absolute atomic E-state index is 0.185. The number of ether oxygens (including phenoxy) is 4. The lowest BCUT2D eigenvalue weighted by Gasteiger charge is -2.13. The Labute approximate surface area is 99.2 Å². The first-order valence-corrected chi connectivity index (χ1v) is 5.17. The lowest BCUT2D eigenvalue weighted by atomic mass is 10.0. The number of hydrogen-bond acceptors (Lipinski definition) is 5. The highest BCUT2D eigenvalue weighted by Gasteiger charge is 2.24. The van der Waals surface area contributed by atoms with Crippen LogP contribution in [-0.2, 0) is 9.47 Å². The molecule has 0 unspecified atom stereocenters. The van der Waals surface area contributed by atoms with Gasteiger partial charge in [-0.1, -0.05) is 0 Å². The summed E-state index contributed by atoms with van der Waals surface area (Å²) in [6.07, 6.45) is -0.894. The molecule has 1 heterocycles. The van der Waals surface area contributed by atoms with Crippen molar-refractivity contribution >= 4 is 5.78 Å². The molecule has 0 radical (unpaired) electrons. The molecule has 5 heteroatoms. The van der Waals surface area contributed by atoms with E-state index in [1.807, 2.05) is 6.92 Å². The van der Waals surface area contributed by atoms with Crippen molar-refractivity contribution in [3.63, 3.8) is 0 Å². The zero-order chi connectivity index (χ0) is 12.4. The largest absolute Gasteiger partial charge is 0.454 e. The monoisotopic (exact) mass is 238 g/mol. The van der Waals surface area contributed by atoms with Crippen molar-refractivity contribution in [1.29, 1.82) is 0 Å². The maximum absolute atomic E-state index is 12.1. The van der Waals surface area contributed by atoms with E-state index in [9.17, 15) is 4.79 Å². The number of carbonyl (C=O) groups excluding carboxylic acids is 1. The third-order valence-corrected chi connectivity index (χ3v) is 2.63. The van der Waals surface area contributed by atoms with Crippen LogP contribution in [0.3, 0.4) is 0 Å². The molecule has 0 N–H and O–H groups in total. The molecule has 0 saturated heterocycles. The predicted molar refractivity (Wildman–Crippen MR) is 59.4 cm³/mol. The Morgan fingerprint density at radius 1 is 1.24 bits per heavy atom. The normalized spacial score (nSPS) is 13.2. The van der Waals surface area contributed by atoms with E-state index in [2.05, 4.69) is 0 Å². The van der Waals surface area contributed by atoms with Gasteiger partial charge in [0.2, 0.25) is 18.9 Å². The first-order valence-electron chi connectivity index (χ1n) is 5.17. The van der Waals surface area contributed by atoms with Crippen LogP contribution in [-0.4, -0.2) is 33.1 Å². The molecule has 1 aliphatic rings. The van der Waals surface area contributed by atoms with Crippen LogP contribution in [0.15, 0.2) is 12.1 Å². The Balaban J connectivity index is 2.35. The second-order valence-electron chi connectivity index (χ2n) is 3.69. The first-order chi connectivity index (χ1) is 8.17. The van der Waals surface area contributed by atoms with Gasteiger partial charge in [-0.3, -0.25) is 4.79 Å². The van der Waals surface area contributed by atoms with Crippen LogP contribution in [0.25, 0.3) is 0 Å². The summed E-state index contributed by atoms with van der Waals surface area (Å²) in [5, 5.41) is 0. The van der Waals surface area contributed by atoms with Gasteiger partial charge in [-0.2, -0.15) is 0 Å². The number of fused-ring (bicyclic) bond motifs is 1. The molecular formula is C12H14O5. The predicted octanol–water partition coefficient (Wildman–Crippen LogP) is 1.53. The van der Waals surface area contributed by atoms with Crippen molar-refractivity contribution in [2.45, 2.75) is 13.2 Å². The van der Waals surface area contributed by atoms with Crippen molar-refractivity contribution in [3.05, 3.63) is 23.3 Å². The zero-order valence-electron chi connectivity index (χ0n) is 9.98. The molecule has 17 heavy (non-hydrogen) atoms. The second-order valence-corrected chi connectivity index (χ2v) is 3.69. The van der Waals surface area contributed by atoms with Gasteiger partial charge in [0.05, 0.1) is 0 Å². The number of hydrogen-bond donors (Lipinski definition) is 0. The van der Waals surface area contributed by atoms with E-state index in [1.54, 1.807) is 12.1 Å². The maximum atomic E-state index is 12.1. The quantitative estimate of drug-likeness (QED) is 0.588. The summed E-state index contributed by atoms with van der Waals surface area (Å²) in [4.78, 5) is 12.1. The van der Waals surface area contributed by atoms with Crippen molar-refractivity contribution < 1.29 is 23.7 Å². The van der Waals surface area contributed by atoms with E-state index in [0.717, 1.165) is 5.56 Å². The summed E-state index contributed by atoms with van der Waals surface area (Å²) < 4.78 is 20.4. The fourth-order valence-corrected chi connectivity index (χ4v) is 1.75. The smallest absolute Gasteiger partial charge is 0.231 e. The molecule has 0 aliphatic carbocycles. The molecule has 0 bridgehead atoms. The summed E-state index contributed by atoms with van der Waals surface area (Å²) in [6, 6.07) is 3.43. The van der Waals surface area contributed by atoms with Crippen molar-refractivity contribution in [3.8, 4) is 11.5 Å². The highest BCUT2D eigenvalue weighted by molar-refractivity contribution is 6.00. The standard InChI is InChI=1S/C12H14O5/c1-7-4-9-10(17-6-16-9)5-8(7)11(13)12(14-2)15-3/h4-5,12H,6H2,1-3H3. The minimum Gasteiger partial charge on any atom is -0.454 e. The van der Waals surface area contributed by atoms with E-state index in [1.165, 1.54) is 14.2 Å². The van der Waals surface area contributed by atoms with Gasteiger partial charge in [0.25, 0.3) is 0 Å². The maximum Gasteiger partial charge on any atom is 0.231 e. The number of aryl methyl sites for hydroxylation is 1. The molecule has 1 aromatic rings. The van der Waals surface area contributed by atoms with E-state index < -0.39 is 6.29 Å². The Morgan fingerprint density at radius 2 is 1.82 bits per heavy atom. The fourth-order valence-electron chi connectivity index (χ4n) is 1.75. The molecule has 1 aromatic carbocycles. The molecule has 0 atom stereocenters. The van der Waals surface area contributed by atoms with E-state index in [0.29, 0.717) is 17.1 Å². The van der Waals surface area contributed by atoms with Gasteiger partial charge in [-0.15, -0.1) is 0 Å². The molecular weight excluding hydrogens is 224 g/mol. The van der Waals surface area contributed by atoms with Crippen LogP contribution < -0.4 is 9.47 Å². The highest BCUT2D eigenvalue weighted by atomic mass is 16.7. The summed E-state index contributed by atoms with van der Waals surface area (Å²) in [5.74, 6) is 1.00. The number of Topliss-reactive ketones (excluding diaryl/α,β-unsaturated/α-hetero) is 1. The molecule has 92 valence electrons. The molecule has 2 rings (SSSR count). The van der Waals surface area contributed by atoms with E-state index >= 15 is 0 Å². The Bertz CT molecular complexity index is 437. The molecule has 0 fully saturated rings. The lowest BCUT2D eigenvalue weighted by molar-refractivity contribution is -0.0742. The van der Waals surface area contributed by atoms with Crippen LogP contribution in [0.4, 0.5) is 0 Å². The van der Waals surface area contributed by atoms with E-state index in [4.69, 9.17) is 18.9 Å². The third-order valence-electron chi connectivity index (χ3n) is 2.63. The van der Waals surface area contributed by atoms with Gasteiger partial charge < -0.3 is 18.9 Å².